The van der Waals surface area contributed by atoms with Gasteiger partial charge >= 0.3 is 0 Å². The van der Waals surface area contributed by atoms with Gasteiger partial charge in [-0.25, -0.2) is 0 Å². The Morgan fingerprint density at radius 3 is 2.62 bits per heavy atom. The molecule has 1 N–H and O–H groups in total. The summed E-state index contributed by atoms with van der Waals surface area (Å²) in [6.45, 7) is 7.86. The molecule has 2 aromatic rings. The molecule has 1 aromatic carbocycles. The molecule has 2 aliphatic rings. The van der Waals surface area contributed by atoms with E-state index in [-0.39, 0.29) is 6.61 Å². The molecule has 4 rings (SSSR count). The van der Waals surface area contributed by atoms with Gasteiger partial charge in [0.25, 0.3) is 0 Å². The van der Waals surface area contributed by atoms with Gasteiger partial charge in [0.15, 0.2) is 0 Å². The molecule has 29 heavy (non-hydrogen) atoms. The smallest absolute Gasteiger partial charge is 0.0558 e. The Balaban J connectivity index is 1.55. The van der Waals surface area contributed by atoms with Crippen LogP contribution in [0.1, 0.15) is 56.0 Å². The van der Waals surface area contributed by atoms with Crippen molar-refractivity contribution in [2.24, 2.45) is 11.8 Å². The number of benzene rings is 1. The second-order valence-corrected chi connectivity index (χ2v) is 9.21. The number of aliphatic hydroxyl groups is 1. The van der Waals surface area contributed by atoms with Crippen LogP contribution in [0, 0.1) is 25.7 Å². The normalized spacial score (nSPS) is 28.0. The number of aliphatic hydroxyl groups excluding tert-OH is 1. The van der Waals surface area contributed by atoms with Crippen molar-refractivity contribution in [3.05, 3.63) is 59.4 Å². The molecular formula is C26H36N2O. The quantitative estimate of drug-likeness (QED) is 0.741. The average molecular weight is 393 g/mol. The summed E-state index contributed by atoms with van der Waals surface area (Å²) >= 11 is 0. The molecule has 0 amide bonds. The predicted octanol–water partition coefficient (Wildman–Crippen LogP) is 5.37. The third-order valence-corrected chi connectivity index (χ3v) is 7.23. The maximum atomic E-state index is 9.70. The molecular weight excluding hydrogens is 356 g/mol. The van der Waals surface area contributed by atoms with E-state index in [2.05, 4.69) is 78.8 Å². The molecule has 2 fully saturated rings. The van der Waals surface area contributed by atoms with Gasteiger partial charge in [-0.3, -0.25) is 4.90 Å². The van der Waals surface area contributed by atoms with Crippen molar-refractivity contribution in [3.8, 4) is 5.69 Å². The van der Waals surface area contributed by atoms with Gasteiger partial charge in [-0.15, -0.1) is 0 Å². The highest BCUT2D eigenvalue weighted by atomic mass is 16.3. The van der Waals surface area contributed by atoms with Gasteiger partial charge in [0, 0.05) is 35.7 Å². The highest BCUT2D eigenvalue weighted by molar-refractivity contribution is 5.57. The Morgan fingerprint density at radius 1 is 1.07 bits per heavy atom. The van der Waals surface area contributed by atoms with Gasteiger partial charge in [-0.1, -0.05) is 37.3 Å². The van der Waals surface area contributed by atoms with Gasteiger partial charge in [0.1, 0.15) is 0 Å². The highest BCUT2D eigenvalue weighted by Gasteiger charge is 2.38. The number of nitrogens with zero attached hydrogens (tertiary/aromatic N) is 2. The van der Waals surface area contributed by atoms with Crippen LogP contribution in [0.3, 0.4) is 0 Å². The van der Waals surface area contributed by atoms with Crippen LogP contribution in [0.25, 0.3) is 11.8 Å². The minimum absolute atomic E-state index is 0.256. The summed E-state index contributed by atoms with van der Waals surface area (Å²) in [5.41, 5.74) is 5.08. The lowest BCUT2D eigenvalue weighted by atomic mass is 9.72. The minimum Gasteiger partial charge on any atom is -0.395 e. The van der Waals surface area contributed by atoms with Gasteiger partial charge in [0.05, 0.1) is 6.61 Å². The number of piperidine rings is 1. The number of fused-ring (bicyclic) bond motifs is 1. The van der Waals surface area contributed by atoms with Crippen LogP contribution in [-0.2, 0) is 0 Å². The molecule has 1 saturated heterocycles. The molecule has 3 heteroatoms. The standard InChI is InChI=1S/C26H36N2O/c1-19-9-14-26-23(17-19)11-13-24(27(26)15-16-29)12-10-22-18-20(2)28(21(22)3)25-7-5-4-6-8-25/h4-8,10,12,18-19,23-24,26,29H,9,11,13-17H2,1-3H3. The van der Waals surface area contributed by atoms with Crippen molar-refractivity contribution < 1.29 is 5.11 Å². The van der Waals surface area contributed by atoms with Crippen LogP contribution in [-0.4, -0.2) is 39.8 Å². The molecule has 1 aliphatic heterocycles. The number of rotatable bonds is 5. The molecule has 1 aromatic heterocycles. The summed E-state index contributed by atoms with van der Waals surface area (Å²) in [4.78, 5) is 2.60. The molecule has 2 heterocycles. The van der Waals surface area contributed by atoms with Crippen molar-refractivity contribution in [1.29, 1.82) is 0 Å². The second kappa shape index (κ2) is 8.89. The van der Waals surface area contributed by atoms with Crippen molar-refractivity contribution in [3.63, 3.8) is 0 Å². The summed E-state index contributed by atoms with van der Waals surface area (Å²) in [6.07, 6.45) is 11.2. The molecule has 0 radical (unpaired) electrons. The summed E-state index contributed by atoms with van der Waals surface area (Å²) in [7, 11) is 0. The van der Waals surface area contributed by atoms with E-state index in [0.29, 0.717) is 12.1 Å². The zero-order valence-electron chi connectivity index (χ0n) is 18.2. The fraction of sp³-hybridized carbons (Fsp3) is 0.538. The summed E-state index contributed by atoms with van der Waals surface area (Å²) in [5, 5.41) is 9.70. The van der Waals surface area contributed by atoms with Gasteiger partial charge in [-0.05, 0) is 81.5 Å². The molecule has 4 atom stereocenters. The fourth-order valence-corrected chi connectivity index (χ4v) is 5.83. The van der Waals surface area contributed by atoms with E-state index in [0.717, 1.165) is 18.4 Å². The minimum atomic E-state index is 0.256. The summed E-state index contributed by atoms with van der Waals surface area (Å²) in [5.74, 6) is 1.68. The van der Waals surface area contributed by atoms with Crippen LogP contribution in [0.2, 0.25) is 0 Å². The zero-order valence-corrected chi connectivity index (χ0v) is 18.2. The van der Waals surface area contributed by atoms with Crippen LogP contribution in [0.4, 0.5) is 0 Å². The van der Waals surface area contributed by atoms with Crippen LogP contribution >= 0.6 is 0 Å². The third kappa shape index (κ3) is 4.22. The highest BCUT2D eigenvalue weighted by Crippen LogP contribution is 2.40. The van der Waals surface area contributed by atoms with Crippen LogP contribution in [0.15, 0.2) is 42.5 Å². The Labute approximate surface area is 176 Å². The lowest BCUT2D eigenvalue weighted by molar-refractivity contribution is 0.00978. The number of hydrogen-bond donors (Lipinski definition) is 1. The molecule has 156 valence electrons. The Bertz CT molecular complexity index is 838. The number of β-amino-alcohol motifs (C(OH)–C–C–N with tert-alkyl or cyclic N) is 1. The van der Waals surface area contributed by atoms with E-state index in [1.807, 2.05) is 0 Å². The maximum absolute atomic E-state index is 9.70. The number of hydrogen-bond acceptors (Lipinski definition) is 2. The van der Waals surface area contributed by atoms with Crippen molar-refractivity contribution >= 4 is 6.08 Å². The van der Waals surface area contributed by atoms with Crippen molar-refractivity contribution in [2.45, 2.75) is 65.0 Å². The van der Waals surface area contributed by atoms with E-state index >= 15 is 0 Å². The zero-order chi connectivity index (χ0) is 20.4. The predicted molar refractivity (Wildman–Crippen MR) is 121 cm³/mol. The van der Waals surface area contributed by atoms with Gasteiger partial charge in [-0.2, -0.15) is 0 Å². The Hall–Kier alpha value is -1.84. The lowest BCUT2D eigenvalue weighted by Gasteiger charge is -2.49. The van der Waals surface area contributed by atoms with E-state index in [1.54, 1.807) is 0 Å². The van der Waals surface area contributed by atoms with Gasteiger partial charge in [0.2, 0.25) is 0 Å². The first-order valence-electron chi connectivity index (χ1n) is 11.4. The summed E-state index contributed by atoms with van der Waals surface area (Å²) < 4.78 is 2.34. The third-order valence-electron chi connectivity index (χ3n) is 7.23. The topological polar surface area (TPSA) is 28.4 Å². The summed E-state index contributed by atoms with van der Waals surface area (Å²) in [6, 6.07) is 14.0. The largest absolute Gasteiger partial charge is 0.395 e. The fourth-order valence-electron chi connectivity index (χ4n) is 5.83. The van der Waals surface area contributed by atoms with Gasteiger partial charge < -0.3 is 9.67 Å². The Kier molecular flexibility index (Phi) is 6.26. The molecule has 3 nitrogen and oxygen atoms in total. The molecule has 0 bridgehead atoms. The van der Waals surface area contributed by atoms with E-state index in [9.17, 15) is 5.11 Å². The number of aromatic nitrogens is 1. The molecule has 1 saturated carbocycles. The van der Waals surface area contributed by atoms with Crippen LogP contribution in [0.5, 0.6) is 0 Å². The second-order valence-electron chi connectivity index (χ2n) is 9.21. The Morgan fingerprint density at radius 2 is 1.86 bits per heavy atom. The van der Waals surface area contributed by atoms with E-state index < -0.39 is 0 Å². The van der Waals surface area contributed by atoms with E-state index in [4.69, 9.17) is 0 Å². The lowest BCUT2D eigenvalue weighted by Crippen LogP contribution is -2.53. The molecule has 0 spiro atoms. The molecule has 4 unspecified atom stereocenters. The first-order valence-corrected chi connectivity index (χ1v) is 11.4. The first kappa shape index (κ1) is 20.4. The number of likely N-dealkylation sites (tertiary alicyclic amines) is 1. The maximum Gasteiger partial charge on any atom is 0.0558 e. The van der Waals surface area contributed by atoms with E-state index in [1.165, 1.54) is 54.7 Å². The average Bonchev–Trinajstić information content (AvgIpc) is 3.01. The first-order chi connectivity index (χ1) is 14.1. The number of para-hydroxylation sites is 1. The van der Waals surface area contributed by atoms with Crippen LogP contribution < -0.4 is 0 Å². The monoisotopic (exact) mass is 392 g/mol. The SMILES string of the molecule is Cc1cc(C=CC2CCC3CC(C)CCC3N2CCO)c(C)n1-c1ccccc1. The molecule has 1 aliphatic carbocycles. The van der Waals surface area contributed by atoms with Crippen molar-refractivity contribution in [1.82, 2.24) is 9.47 Å². The number of aryl methyl sites for hydroxylation is 1. The van der Waals surface area contributed by atoms with Crippen molar-refractivity contribution in [2.75, 3.05) is 13.2 Å².